The van der Waals surface area contributed by atoms with Gasteiger partial charge in [0.1, 0.15) is 5.60 Å². The predicted molar refractivity (Wildman–Crippen MR) is 56.4 cm³/mol. The third-order valence-electron chi connectivity index (χ3n) is 2.41. The van der Waals surface area contributed by atoms with E-state index < -0.39 is 15.9 Å². The molecule has 0 saturated carbocycles. The summed E-state index contributed by atoms with van der Waals surface area (Å²) < 4.78 is 30.0. The fourth-order valence-electron chi connectivity index (χ4n) is 1.76. The highest BCUT2D eigenvalue weighted by molar-refractivity contribution is 7.85. The molecule has 1 heterocycles. The molecule has 2 rings (SSSR count). The van der Waals surface area contributed by atoms with Gasteiger partial charge in [-0.25, -0.2) is 4.18 Å². The molecule has 1 atom stereocenters. The summed E-state index contributed by atoms with van der Waals surface area (Å²) in [6, 6.07) is 9.06. The second-order valence-corrected chi connectivity index (χ2v) is 5.41. The number of benzene rings is 1. The van der Waals surface area contributed by atoms with E-state index in [-0.39, 0.29) is 6.04 Å². The van der Waals surface area contributed by atoms with Crippen LogP contribution in [0.2, 0.25) is 0 Å². The van der Waals surface area contributed by atoms with E-state index in [2.05, 4.69) is 4.72 Å². The molecule has 15 heavy (non-hydrogen) atoms. The number of nitrogens with one attached hydrogen (secondary N) is 1. The first-order valence-corrected chi connectivity index (χ1v) is 6.09. The van der Waals surface area contributed by atoms with Crippen LogP contribution in [0.3, 0.4) is 0 Å². The lowest BCUT2D eigenvalue weighted by Gasteiger charge is -2.22. The minimum atomic E-state index is -3.60. The Morgan fingerprint density at radius 2 is 1.87 bits per heavy atom. The van der Waals surface area contributed by atoms with Crippen molar-refractivity contribution in [2.75, 3.05) is 0 Å². The quantitative estimate of drug-likeness (QED) is 0.788. The Bertz CT molecular complexity index is 453. The fourth-order valence-corrected chi connectivity index (χ4v) is 3.17. The zero-order valence-corrected chi connectivity index (χ0v) is 9.41. The first kappa shape index (κ1) is 10.6. The molecule has 1 saturated heterocycles. The molecular weight excluding hydrogens is 214 g/mol. The van der Waals surface area contributed by atoms with E-state index in [1.807, 2.05) is 30.3 Å². The molecule has 82 valence electrons. The highest BCUT2D eigenvalue weighted by atomic mass is 32.2. The molecule has 1 aliphatic rings. The van der Waals surface area contributed by atoms with Gasteiger partial charge in [-0.2, -0.15) is 13.1 Å². The molecule has 0 amide bonds. The molecule has 1 aromatic carbocycles. The maximum atomic E-state index is 11.3. The first-order chi connectivity index (χ1) is 6.91. The SMILES string of the molecule is CC1(C)OS(=O)(=O)N[C@@H]1c1ccccc1. The number of hydrogen-bond donors (Lipinski definition) is 1. The van der Waals surface area contributed by atoms with Gasteiger partial charge in [0.05, 0.1) is 6.04 Å². The van der Waals surface area contributed by atoms with Crippen LogP contribution >= 0.6 is 0 Å². The Morgan fingerprint density at radius 3 is 2.33 bits per heavy atom. The third-order valence-corrected chi connectivity index (χ3v) is 3.59. The Hall–Kier alpha value is -0.910. The minimum absolute atomic E-state index is 0.330. The molecular formula is C10H13NO3S. The zero-order chi connectivity index (χ0) is 11.1. The van der Waals surface area contributed by atoms with E-state index in [1.54, 1.807) is 13.8 Å². The lowest BCUT2D eigenvalue weighted by Crippen LogP contribution is -2.30. The molecule has 0 spiro atoms. The van der Waals surface area contributed by atoms with E-state index >= 15 is 0 Å². The van der Waals surface area contributed by atoms with E-state index in [0.717, 1.165) is 5.56 Å². The Morgan fingerprint density at radius 1 is 1.27 bits per heavy atom. The maximum Gasteiger partial charge on any atom is 0.337 e. The highest BCUT2D eigenvalue weighted by Crippen LogP contribution is 2.35. The summed E-state index contributed by atoms with van der Waals surface area (Å²) in [5.74, 6) is 0. The summed E-state index contributed by atoms with van der Waals surface area (Å²) in [7, 11) is -3.60. The Balaban J connectivity index is 2.40. The van der Waals surface area contributed by atoms with Crippen molar-refractivity contribution in [3.63, 3.8) is 0 Å². The predicted octanol–water partition coefficient (Wildman–Crippen LogP) is 1.37. The second-order valence-electron chi connectivity index (χ2n) is 4.10. The highest BCUT2D eigenvalue weighted by Gasteiger charge is 2.45. The van der Waals surface area contributed by atoms with E-state index in [1.165, 1.54) is 0 Å². The Labute approximate surface area is 89.5 Å². The van der Waals surface area contributed by atoms with Crippen molar-refractivity contribution in [3.05, 3.63) is 35.9 Å². The summed E-state index contributed by atoms with van der Waals surface area (Å²) in [4.78, 5) is 0. The summed E-state index contributed by atoms with van der Waals surface area (Å²) in [5.41, 5.74) is 0.156. The van der Waals surface area contributed by atoms with Crippen molar-refractivity contribution in [2.24, 2.45) is 0 Å². The molecule has 1 fully saturated rings. The van der Waals surface area contributed by atoms with Gasteiger partial charge in [-0.15, -0.1) is 0 Å². The smallest absolute Gasteiger partial charge is 0.250 e. The van der Waals surface area contributed by atoms with E-state index in [9.17, 15) is 8.42 Å². The summed E-state index contributed by atoms with van der Waals surface area (Å²) in [5, 5.41) is 0. The first-order valence-electron chi connectivity index (χ1n) is 4.68. The van der Waals surface area contributed by atoms with Crippen molar-refractivity contribution in [1.82, 2.24) is 4.72 Å². The van der Waals surface area contributed by atoms with Crippen molar-refractivity contribution < 1.29 is 12.6 Å². The van der Waals surface area contributed by atoms with E-state index in [0.29, 0.717) is 0 Å². The summed E-state index contributed by atoms with van der Waals surface area (Å²) in [6.07, 6.45) is 0. The lowest BCUT2D eigenvalue weighted by molar-refractivity contribution is 0.118. The van der Waals surface area contributed by atoms with Crippen molar-refractivity contribution in [3.8, 4) is 0 Å². The normalized spacial score (nSPS) is 27.7. The lowest BCUT2D eigenvalue weighted by atomic mass is 9.93. The molecule has 4 nitrogen and oxygen atoms in total. The maximum absolute atomic E-state index is 11.3. The van der Waals surface area contributed by atoms with Gasteiger partial charge in [0.25, 0.3) is 0 Å². The third kappa shape index (κ3) is 2.04. The van der Waals surface area contributed by atoms with E-state index in [4.69, 9.17) is 4.18 Å². The Kier molecular flexibility index (Phi) is 2.33. The van der Waals surface area contributed by atoms with Crippen LogP contribution in [0.5, 0.6) is 0 Å². The molecule has 1 aromatic rings. The monoisotopic (exact) mass is 227 g/mol. The molecule has 0 bridgehead atoms. The molecule has 0 radical (unpaired) electrons. The molecule has 0 aliphatic carbocycles. The molecule has 1 aliphatic heterocycles. The van der Waals surface area contributed by atoms with Crippen LogP contribution in [0.4, 0.5) is 0 Å². The molecule has 1 N–H and O–H groups in total. The topological polar surface area (TPSA) is 55.4 Å². The van der Waals surface area contributed by atoms with Gasteiger partial charge < -0.3 is 0 Å². The van der Waals surface area contributed by atoms with Crippen molar-refractivity contribution in [1.29, 1.82) is 0 Å². The van der Waals surface area contributed by atoms with Crippen LogP contribution in [0.1, 0.15) is 25.5 Å². The van der Waals surface area contributed by atoms with Crippen LogP contribution in [0, 0.1) is 0 Å². The van der Waals surface area contributed by atoms with Crippen LogP contribution in [-0.2, 0) is 14.5 Å². The number of hydrogen-bond acceptors (Lipinski definition) is 3. The van der Waals surface area contributed by atoms with Crippen molar-refractivity contribution >= 4 is 10.3 Å². The van der Waals surface area contributed by atoms with Gasteiger partial charge >= 0.3 is 10.3 Å². The molecule has 0 aromatic heterocycles. The average Bonchev–Trinajstić information content (AvgIpc) is 2.36. The van der Waals surface area contributed by atoms with Gasteiger partial charge in [-0.1, -0.05) is 30.3 Å². The van der Waals surface area contributed by atoms with Crippen LogP contribution in [0.15, 0.2) is 30.3 Å². The largest absolute Gasteiger partial charge is 0.337 e. The van der Waals surface area contributed by atoms with Crippen molar-refractivity contribution in [2.45, 2.75) is 25.5 Å². The molecule has 5 heteroatoms. The second kappa shape index (κ2) is 3.30. The van der Waals surface area contributed by atoms with Crippen LogP contribution in [0.25, 0.3) is 0 Å². The van der Waals surface area contributed by atoms with Crippen LogP contribution in [-0.4, -0.2) is 14.0 Å². The number of rotatable bonds is 1. The summed E-state index contributed by atoms with van der Waals surface area (Å²) in [6.45, 7) is 3.50. The summed E-state index contributed by atoms with van der Waals surface area (Å²) >= 11 is 0. The van der Waals surface area contributed by atoms with Gasteiger partial charge in [0, 0.05) is 0 Å². The minimum Gasteiger partial charge on any atom is -0.250 e. The van der Waals surface area contributed by atoms with Gasteiger partial charge in [-0.3, -0.25) is 0 Å². The van der Waals surface area contributed by atoms with Gasteiger partial charge in [0.15, 0.2) is 0 Å². The average molecular weight is 227 g/mol. The van der Waals surface area contributed by atoms with Gasteiger partial charge in [0.2, 0.25) is 0 Å². The zero-order valence-electron chi connectivity index (χ0n) is 8.60. The van der Waals surface area contributed by atoms with Crippen LogP contribution < -0.4 is 4.72 Å². The fraction of sp³-hybridized carbons (Fsp3) is 0.400. The molecule has 0 unspecified atom stereocenters. The van der Waals surface area contributed by atoms with Gasteiger partial charge in [-0.05, 0) is 19.4 Å². The standard InChI is InChI=1S/C10H13NO3S/c1-10(2)9(11-15(12,13)14-10)8-6-4-3-5-7-8/h3-7,9,11H,1-2H3/t9-/m1/s1.